The molecule has 116 valence electrons. The zero-order valence-corrected chi connectivity index (χ0v) is 14.1. The van der Waals surface area contributed by atoms with Crippen LogP contribution in [0.3, 0.4) is 0 Å². The lowest BCUT2D eigenvalue weighted by Crippen LogP contribution is -1.88. The van der Waals surface area contributed by atoms with Gasteiger partial charge in [0.2, 0.25) is 5.89 Å². The molecule has 0 bridgehead atoms. The van der Waals surface area contributed by atoms with Crippen LogP contribution >= 0.6 is 27.7 Å². The molecule has 0 unspecified atom stereocenters. The van der Waals surface area contributed by atoms with Crippen LogP contribution < -0.4 is 0 Å². The summed E-state index contributed by atoms with van der Waals surface area (Å²) in [5.74, 6) is 1.06. The third-order valence-corrected chi connectivity index (χ3v) is 4.43. The van der Waals surface area contributed by atoms with E-state index < -0.39 is 4.92 Å². The maximum absolute atomic E-state index is 10.6. The van der Waals surface area contributed by atoms with Gasteiger partial charge in [-0.25, -0.2) is 0 Å². The second kappa shape index (κ2) is 6.93. The lowest BCUT2D eigenvalue weighted by molar-refractivity contribution is -0.384. The molecule has 0 spiro atoms. The van der Waals surface area contributed by atoms with Crippen molar-refractivity contribution in [2.24, 2.45) is 0 Å². The van der Waals surface area contributed by atoms with E-state index in [-0.39, 0.29) is 5.69 Å². The SMILES string of the molecule is O=[N+]([O-])c1ccc(CSc2nnc(-c3ccc(Br)cc3)o2)cc1. The predicted molar refractivity (Wildman–Crippen MR) is 90.1 cm³/mol. The molecule has 3 rings (SSSR count). The molecule has 6 nitrogen and oxygen atoms in total. The van der Waals surface area contributed by atoms with Gasteiger partial charge in [0.05, 0.1) is 4.92 Å². The Morgan fingerprint density at radius 3 is 2.43 bits per heavy atom. The summed E-state index contributed by atoms with van der Waals surface area (Å²) >= 11 is 4.76. The van der Waals surface area contributed by atoms with E-state index in [0.29, 0.717) is 16.9 Å². The van der Waals surface area contributed by atoms with Crippen molar-refractivity contribution in [3.8, 4) is 11.5 Å². The Labute approximate surface area is 144 Å². The van der Waals surface area contributed by atoms with E-state index in [1.807, 2.05) is 24.3 Å². The summed E-state index contributed by atoms with van der Waals surface area (Å²) in [5.41, 5.74) is 1.88. The first-order chi connectivity index (χ1) is 11.1. The van der Waals surface area contributed by atoms with Gasteiger partial charge in [-0.15, -0.1) is 10.2 Å². The second-order valence-electron chi connectivity index (χ2n) is 4.59. The van der Waals surface area contributed by atoms with Gasteiger partial charge in [0, 0.05) is 27.9 Å². The summed E-state index contributed by atoms with van der Waals surface area (Å²) in [6.07, 6.45) is 0. The first-order valence-electron chi connectivity index (χ1n) is 6.57. The molecule has 1 heterocycles. The van der Waals surface area contributed by atoms with E-state index in [4.69, 9.17) is 4.42 Å². The van der Waals surface area contributed by atoms with Crippen molar-refractivity contribution in [1.29, 1.82) is 0 Å². The van der Waals surface area contributed by atoms with Crippen LogP contribution in [-0.4, -0.2) is 15.1 Å². The monoisotopic (exact) mass is 391 g/mol. The first-order valence-corrected chi connectivity index (χ1v) is 8.35. The van der Waals surface area contributed by atoms with E-state index in [2.05, 4.69) is 26.1 Å². The van der Waals surface area contributed by atoms with E-state index in [1.54, 1.807) is 12.1 Å². The Morgan fingerprint density at radius 2 is 1.78 bits per heavy atom. The Kier molecular flexibility index (Phi) is 4.73. The number of hydrogen-bond donors (Lipinski definition) is 0. The molecule has 0 atom stereocenters. The van der Waals surface area contributed by atoms with Gasteiger partial charge in [0.1, 0.15) is 0 Å². The van der Waals surface area contributed by atoms with Gasteiger partial charge < -0.3 is 4.42 Å². The number of nitro groups is 1. The summed E-state index contributed by atoms with van der Waals surface area (Å²) in [5, 5.41) is 19.1. The van der Waals surface area contributed by atoms with Gasteiger partial charge in [-0.3, -0.25) is 10.1 Å². The molecule has 0 N–H and O–H groups in total. The standard InChI is InChI=1S/C15H10BrN3O3S/c16-12-5-3-11(4-6-12)14-17-18-15(22-14)23-9-10-1-7-13(8-2-10)19(20)21/h1-8H,9H2. The largest absolute Gasteiger partial charge is 0.411 e. The number of thioether (sulfide) groups is 1. The lowest BCUT2D eigenvalue weighted by atomic mass is 10.2. The summed E-state index contributed by atoms with van der Waals surface area (Å²) in [4.78, 5) is 10.2. The van der Waals surface area contributed by atoms with Crippen LogP contribution in [0.4, 0.5) is 5.69 Å². The molecule has 23 heavy (non-hydrogen) atoms. The summed E-state index contributed by atoms with van der Waals surface area (Å²) < 4.78 is 6.59. The minimum atomic E-state index is -0.417. The molecule has 8 heteroatoms. The van der Waals surface area contributed by atoms with Crippen LogP contribution in [0, 0.1) is 10.1 Å². The Balaban J connectivity index is 1.65. The predicted octanol–water partition coefficient (Wildman–Crippen LogP) is 4.70. The molecule has 0 saturated heterocycles. The van der Waals surface area contributed by atoms with Crippen molar-refractivity contribution < 1.29 is 9.34 Å². The number of non-ortho nitro benzene ring substituents is 1. The fourth-order valence-electron chi connectivity index (χ4n) is 1.84. The highest BCUT2D eigenvalue weighted by Crippen LogP contribution is 2.27. The number of nitro benzene ring substituents is 1. The van der Waals surface area contributed by atoms with E-state index in [0.717, 1.165) is 15.6 Å². The van der Waals surface area contributed by atoms with Crippen molar-refractivity contribution in [1.82, 2.24) is 10.2 Å². The van der Waals surface area contributed by atoms with Gasteiger partial charge in [-0.2, -0.15) is 0 Å². The molecule has 0 aliphatic rings. The van der Waals surface area contributed by atoms with Crippen LogP contribution in [0.25, 0.3) is 11.5 Å². The Bertz CT molecular complexity index is 819. The normalized spacial score (nSPS) is 10.7. The van der Waals surface area contributed by atoms with Gasteiger partial charge in [-0.1, -0.05) is 39.8 Å². The summed E-state index contributed by atoms with van der Waals surface area (Å²) in [6, 6.07) is 14.0. The molecular weight excluding hydrogens is 382 g/mol. The fraction of sp³-hybridized carbons (Fsp3) is 0.0667. The molecule has 0 amide bonds. The van der Waals surface area contributed by atoms with Crippen LogP contribution in [0.5, 0.6) is 0 Å². The highest BCUT2D eigenvalue weighted by molar-refractivity contribution is 9.10. The number of rotatable bonds is 5. The van der Waals surface area contributed by atoms with Crippen LogP contribution in [0.15, 0.2) is 62.6 Å². The number of aromatic nitrogens is 2. The van der Waals surface area contributed by atoms with E-state index in [9.17, 15) is 10.1 Å². The zero-order chi connectivity index (χ0) is 16.2. The maximum atomic E-state index is 10.6. The minimum absolute atomic E-state index is 0.0778. The molecule has 0 saturated carbocycles. The fourth-order valence-corrected chi connectivity index (χ4v) is 2.82. The smallest absolute Gasteiger partial charge is 0.277 e. The molecular formula is C15H10BrN3O3S. The number of nitrogens with zero attached hydrogens (tertiary/aromatic N) is 3. The lowest BCUT2D eigenvalue weighted by Gasteiger charge is -1.98. The average Bonchev–Trinajstić information content (AvgIpc) is 3.03. The van der Waals surface area contributed by atoms with Gasteiger partial charge in [-0.05, 0) is 29.8 Å². The molecule has 0 aliphatic heterocycles. The Hall–Kier alpha value is -2.19. The summed E-state index contributed by atoms with van der Waals surface area (Å²) in [7, 11) is 0. The quantitative estimate of drug-likeness (QED) is 0.356. The molecule has 0 fully saturated rings. The zero-order valence-electron chi connectivity index (χ0n) is 11.7. The highest BCUT2D eigenvalue weighted by Gasteiger charge is 2.10. The van der Waals surface area contributed by atoms with Gasteiger partial charge >= 0.3 is 0 Å². The Morgan fingerprint density at radius 1 is 1.09 bits per heavy atom. The molecule has 0 aliphatic carbocycles. The number of halogens is 1. The van der Waals surface area contributed by atoms with Crippen molar-refractivity contribution in [3.63, 3.8) is 0 Å². The van der Waals surface area contributed by atoms with Crippen molar-refractivity contribution in [3.05, 3.63) is 68.7 Å². The van der Waals surface area contributed by atoms with E-state index >= 15 is 0 Å². The highest BCUT2D eigenvalue weighted by atomic mass is 79.9. The number of benzene rings is 2. The van der Waals surface area contributed by atoms with Crippen molar-refractivity contribution in [2.75, 3.05) is 0 Å². The second-order valence-corrected chi connectivity index (χ2v) is 6.43. The number of hydrogen-bond acceptors (Lipinski definition) is 6. The third-order valence-electron chi connectivity index (χ3n) is 3.01. The van der Waals surface area contributed by atoms with Crippen molar-refractivity contribution >= 4 is 33.4 Å². The van der Waals surface area contributed by atoms with Gasteiger partial charge in [0.25, 0.3) is 10.9 Å². The topological polar surface area (TPSA) is 82.1 Å². The van der Waals surface area contributed by atoms with Crippen LogP contribution in [-0.2, 0) is 5.75 Å². The first kappa shape index (κ1) is 15.7. The minimum Gasteiger partial charge on any atom is -0.411 e. The maximum Gasteiger partial charge on any atom is 0.277 e. The van der Waals surface area contributed by atoms with E-state index in [1.165, 1.54) is 23.9 Å². The van der Waals surface area contributed by atoms with Crippen LogP contribution in [0.2, 0.25) is 0 Å². The molecule has 0 radical (unpaired) electrons. The third kappa shape index (κ3) is 3.96. The molecule has 1 aromatic heterocycles. The van der Waals surface area contributed by atoms with Crippen molar-refractivity contribution in [2.45, 2.75) is 11.0 Å². The van der Waals surface area contributed by atoms with Crippen LogP contribution in [0.1, 0.15) is 5.56 Å². The molecule has 3 aromatic rings. The molecule has 2 aromatic carbocycles. The summed E-state index contributed by atoms with van der Waals surface area (Å²) in [6.45, 7) is 0. The average molecular weight is 392 g/mol. The van der Waals surface area contributed by atoms with Gasteiger partial charge in [0.15, 0.2) is 0 Å².